The van der Waals surface area contributed by atoms with Gasteiger partial charge in [0.25, 0.3) is 0 Å². The zero-order valence-electron chi connectivity index (χ0n) is 8.78. The van der Waals surface area contributed by atoms with Crippen LogP contribution in [0.1, 0.15) is 5.56 Å². The van der Waals surface area contributed by atoms with E-state index in [4.69, 9.17) is 0 Å². The highest BCUT2D eigenvalue weighted by Gasteiger charge is 2.38. The van der Waals surface area contributed by atoms with Crippen molar-refractivity contribution >= 4 is 23.9 Å². The molecule has 1 N–H and O–H groups in total. The molecule has 0 aliphatic carbocycles. The minimum atomic E-state index is -4.92. The molecule has 0 bridgehead atoms. The van der Waals surface area contributed by atoms with Crippen molar-refractivity contribution in [1.82, 2.24) is 5.43 Å². The van der Waals surface area contributed by atoms with Gasteiger partial charge >= 0.3 is 12.1 Å². The number of hydrogen-bond acceptors (Lipinski definition) is 3. The first-order valence-corrected chi connectivity index (χ1v) is 5.70. The highest BCUT2D eigenvalue weighted by Crippen LogP contribution is 2.15. The quantitative estimate of drug-likeness (QED) is 0.516. The summed E-state index contributed by atoms with van der Waals surface area (Å²) in [4.78, 5) is 11.4. The average molecular weight is 262 g/mol. The molecule has 0 radical (unpaired) electrons. The smallest absolute Gasteiger partial charge is 0.263 e. The van der Waals surface area contributed by atoms with Gasteiger partial charge < -0.3 is 0 Å². The number of alkyl halides is 3. The largest absolute Gasteiger partial charge is 0.473 e. The van der Waals surface area contributed by atoms with Crippen molar-refractivity contribution in [3.63, 3.8) is 0 Å². The number of carbonyl (C=O) groups is 1. The van der Waals surface area contributed by atoms with Gasteiger partial charge in [-0.05, 0) is 24.0 Å². The SMILES string of the molecule is CSc1ccc(C=NNC(=O)C(F)(F)F)cc1. The summed E-state index contributed by atoms with van der Waals surface area (Å²) in [7, 11) is 0. The maximum atomic E-state index is 11.8. The fraction of sp³-hybridized carbons (Fsp3) is 0.200. The van der Waals surface area contributed by atoms with Gasteiger partial charge in [-0.25, -0.2) is 5.43 Å². The molecule has 1 aromatic rings. The molecule has 0 heterocycles. The Morgan fingerprint density at radius 1 is 1.35 bits per heavy atom. The molecule has 0 saturated heterocycles. The number of nitrogens with one attached hydrogen (secondary N) is 1. The molecule has 1 rings (SSSR count). The molecule has 7 heteroatoms. The van der Waals surface area contributed by atoms with Gasteiger partial charge in [-0.2, -0.15) is 18.3 Å². The van der Waals surface area contributed by atoms with Crippen LogP contribution >= 0.6 is 11.8 Å². The van der Waals surface area contributed by atoms with Crippen LogP contribution in [0.2, 0.25) is 0 Å². The normalized spacial score (nSPS) is 11.8. The van der Waals surface area contributed by atoms with E-state index in [9.17, 15) is 18.0 Å². The molecule has 1 aromatic carbocycles. The summed E-state index contributed by atoms with van der Waals surface area (Å²) in [6.07, 6.45) is -1.86. The van der Waals surface area contributed by atoms with Crippen LogP contribution in [0.25, 0.3) is 0 Å². The third-order valence-electron chi connectivity index (χ3n) is 1.75. The summed E-state index contributed by atoms with van der Waals surface area (Å²) >= 11 is 1.55. The Morgan fingerprint density at radius 2 is 1.94 bits per heavy atom. The lowest BCUT2D eigenvalue weighted by Gasteiger charge is -2.02. The number of nitrogens with zero attached hydrogens (tertiary/aromatic N) is 1. The molecular weight excluding hydrogens is 253 g/mol. The molecule has 92 valence electrons. The predicted octanol–water partition coefficient (Wildman–Crippen LogP) is 2.42. The van der Waals surface area contributed by atoms with Crippen LogP contribution in [0.5, 0.6) is 0 Å². The van der Waals surface area contributed by atoms with Crippen molar-refractivity contribution in [1.29, 1.82) is 0 Å². The molecule has 0 aliphatic rings. The predicted molar refractivity (Wildman–Crippen MR) is 60.0 cm³/mol. The number of amides is 1. The number of halogens is 3. The van der Waals surface area contributed by atoms with Gasteiger partial charge in [0.1, 0.15) is 0 Å². The summed E-state index contributed by atoms with van der Waals surface area (Å²) in [5, 5.41) is 3.21. The summed E-state index contributed by atoms with van der Waals surface area (Å²) in [5.41, 5.74) is 2.00. The van der Waals surface area contributed by atoms with Gasteiger partial charge in [0.05, 0.1) is 6.21 Å². The summed E-state index contributed by atoms with van der Waals surface area (Å²) in [5.74, 6) is -2.09. The zero-order valence-corrected chi connectivity index (χ0v) is 9.60. The third-order valence-corrected chi connectivity index (χ3v) is 2.50. The minimum Gasteiger partial charge on any atom is -0.263 e. The standard InChI is InChI=1S/C10H9F3N2OS/c1-17-8-4-2-7(3-5-8)6-14-15-9(16)10(11,12)13/h2-6H,1H3,(H,15,16). The molecule has 0 aromatic heterocycles. The fourth-order valence-corrected chi connectivity index (χ4v) is 1.33. The van der Waals surface area contributed by atoms with Crippen molar-refractivity contribution in [2.75, 3.05) is 6.26 Å². The van der Waals surface area contributed by atoms with E-state index in [1.54, 1.807) is 36.0 Å². The van der Waals surface area contributed by atoms with E-state index in [-0.39, 0.29) is 0 Å². The first-order chi connectivity index (χ1) is 7.93. The lowest BCUT2D eigenvalue weighted by Crippen LogP contribution is -2.33. The van der Waals surface area contributed by atoms with Crippen LogP contribution in [-0.2, 0) is 4.79 Å². The first kappa shape index (κ1) is 13.6. The molecule has 0 unspecified atom stereocenters. The summed E-state index contributed by atoms with van der Waals surface area (Å²) in [6, 6.07) is 6.99. The topological polar surface area (TPSA) is 41.5 Å². The maximum absolute atomic E-state index is 11.8. The van der Waals surface area contributed by atoms with Gasteiger partial charge in [0.2, 0.25) is 0 Å². The second-order valence-corrected chi connectivity index (χ2v) is 3.85. The molecule has 0 aliphatic heterocycles. The average Bonchev–Trinajstić information content (AvgIpc) is 2.28. The van der Waals surface area contributed by atoms with Gasteiger partial charge in [0.15, 0.2) is 0 Å². The van der Waals surface area contributed by atoms with E-state index in [2.05, 4.69) is 5.10 Å². The maximum Gasteiger partial charge on any atom is 0.473 e. The second-order valence-electron chi connectivity index (χ2n) is 2.97. The molecule has 1 amide bonds. The van der Waals surface area contributed by atoms with Crippen molar-refractivity contribution in [2.24, 2.45) is 5.10 Å². The molecule has 0 fully saturated rings. The number of thioether (sulfide) groups is 1. The van der Waals surface area contributed by atoms with E-state index < -0.39 is 12.1 Å². The fourth-order valence-electron chi connectivity index (χ4n) is 0.919. The molecule has 3 nitrogen and oxygen atoms in total. The Bertz CT molecular complexity index is 415. The lowest BCUT2D eigenvalue weighted by atomic mass is 10.2. The van der Waals surface area contributed by atoms with Crippen LogP contribution in [0, 0.1) is 0 Å². The van der Waals surface area contributed by atoms with E-state index in [0.717, 1.165) is 11.1 Å². The first-order valence-electron chi connectivity index (χ1n) is 4.48. The minimum absolute atomic E-state index is 0.602. The van der Waals surface area contributed by atoms with Crippen molar-refractivity contribution in [3.8, 4) is 0 Å². The number of rotatable bonds is 3. The van der Waals surface area contributed by atoms with E-state index >= 15 is 0 Å². The van der Waals surface area contributed by atoms with Gasteiger partial charge in [-0.15, -0.1) is 11.8 Å². The van der Waals surface area contributed by atoms with Gasteiger partial charge in [-0.1, -0.05) is 12.1 Å². The zero-order chi connectivity index (χ0) is 12.9. The second kappa shape index (κ2) is 5.72. The Balaban J connectivity index is 2.56. The summed E-state index contributed by atoms with van der Waals surface area (Å²) < 4.78 is 35.4. The molecule has 0 saturated carbocycles. The number of hydrazone groups is 1. The Hall–Kier alpha value is -1.50. The van der Waals surface area contributed by atoms with Crippen LogP contribution in [0.15, 0.2) is 34.3 Å². The molecule has 17 heavy (non-hydrogen) atoms. The highest BCUT2D eigenvalue weighted by molar-refractivity contribution is 7.98. The van der Waals surface area contributed by atoms with Crippen molar-refractivity contribution in [2.45, 2.75) is 11.1 Å². The van der Waals surface area contributed by atoms with Crippen LogP contribution < -0.4 is 5.43 Å². The lowest BCUT2D eigenvalue weighted by molar-refractivity contribution is -0.173. The molecule has 0 spiro atoms. The van der Waals surface area contributed by atoms with E-state index in [1.165, 1.54) is 5.43 Å². The molecular formula is C10H9F3N2OS. The van der Waals surface area contributed by atoms with Gasteiger partial charge in [-0.3, -0.25) is 4.79 Å². The highest BCUT2D eigenvalue weighted by atomic mass is 32.2. The van der Waals surface area contributed by atoms with Crippen LogP contribution in [0.4, 0.5) is 13.2 Å². The third kappa shape index (κ3) is 4.48. The summed E-state index contributed by atoms with van der Waals surface area (Å²) in [6.45, 7) is 0. The van der Waals surface area contributed by atoms with E-state index in [1.807, 2.05) is 6.26 Å². The monoisotopic (exact) mass is 262 g/mol. The van der Waals surface area contributed by atoms with Gasteiger partial charge in [0, 0.05) is 4.90 Å². The Labute approximate surface area is 100 Å². The van der Waals surface area contributed by atoms with Crippen LogP contribution in [-0.4, -0.2) is 24.6 Å². The van der Waals surface area contributed by atoms with Crippen LogP contribution in [0.3, 0.4) is 0 Å². The molecule has 0 atom stereocenters. The Kier molecular flexibility index (Phi) is 4.56. The van der Waals surface area contributed by atoms with Crippen molar-refractivity contribution < 1.29 is 18.0 Å². The van der Waals surface area contributed by atoms with Crippen molar-refractivity contribution in [3.05, 3.63) is 29.8 Å². The number of hydrogen-bond donors (Lipinski definition) is 1. The van der Waals surface area contributed by atoms with E-state index in [0.29, 0.717) is 5.56 Å². The Morgan fingerprint density at radius 3 is 2.41 bits per heavy atom. The number of carbonyl (C=O) groups excluding carboxylic acids is 1. The number of benzene rings is 1.